The molecule has 1 saturated carbocycles. The van der Waals surface area contributed by atoms with E-state index in [9.17, 15) is 8.42 Å². The Balaban J connectivity index is 1.30. The van der Waals surface area contributed by atoms with Gasteiger partial charge in [-0.25, -0.2) is 8.42 Å². The first-order valence-electron chi connectivity index (χ1n) is 9.64. The summed E-state index contributed by atoms with van der Waals surface area (Å²) >= 11 is 0. The normalized spacial score (nSPS) is 31.4. The Morgan fingerprint density at radius 2 is 1.75 bits per heavy atom. The number of rotatable bonds is 4. The largest absolute Gasteiger partial charge is 0.348 e. The average molecular weight is 397 g/mol. The minimum Gasteiger partial charge on any atom is -0.348 e. The summed E-state index contributed by atoms with van der Waals surface area (Å²) in [5.41, 5.74) is 1.43. The number of sulfonamides is 1. The summed E-state index contributed by atoms with van der Waals surface area (Å²) in [5, 5.41) is 0. The lowest BCUT2D eigenvalue weighted by molar-refractivity contribution is -0.239. The van der Waals surface area contributed by atoms with Gasteiger partial charge in [0.1, 0.15) is 0 Å². The van der Waals surface area contributed by atoms with E-state index in [2.05, 4.69) is 16.9 Å². The van der Waals surface area contributed by atoms with Crippen LogP contribution in [0.4, 0.5) is 5.69 Å². The average Bonchev–Trinajstić information content (AvgIpc) is 3.30. The van der Waals surface area contributed by atoms with Gasteiger partial charge in [0, 0.05) is 16.7 Å². The molecule has 3 aliphatic rings. The fraction of sp³-hybridized carbons (Fsp3) is 0.364. The van der Waals surface area contributed by atoms with Crippen LogP contribution in [0.3, 0.4) is 0 Å². The van der Waals surface area contributed by atoms with E-state index in [1.54, 1.807) is 42.5 Å². The molecule has 0 aromatic heterocycles. The highest BCUT2D eigenvalue weighted by atomic mass is 32.2. The smallest absolute Gasteiger partial charge is 0.261 e. The lowest BCUT2D eigenvalue weighted by Crippen LogP contribution is -2.41. The Kier molecular flexibility index (Phi) is 4.30. The van der Waals surface area contributed by atoms with Crippen molar-refractivity contribution >= 4 is 15.7 Å². The SMILES string of the molecule is O=S(=O)(Nc1cccc(C2OCC3(CO2)C[C@@H]2C=C[C@H]3C2)c1)c1ccccc1. The first-order chi connectivity index (χ1) is 13.5. The molecule has 6 heteroatoms. The van der Waals surface area contributed by atoms with Gasteiger partial charge in [-0.3, -0.25) is 4.72 Å². The van der Waals surface area contributed by atoms with Crippen LogP contribution in [0.25, 0.3) is 0 Å². The number of allylic oxidation sites excluding steroid dienone is 2. The first kappa shape index (κ1) is 17.9. The van der Waals surface area contributed by atoms with Crippen LogP contribution >= 0.6 is 0 Å². The van der Waals surface area contributed by atoms with Crippen molar-refractivity contribution in [3.8, 4) is 0 Å². The van der Waals surface area contributed by atoms with E-state index < -0.39 is 16.3 Å². The van der Waals surface area contributed by atoms with Gasteiger partial charge in [-0.05, 0) is 48.9 Å². The second kappa shape index (κ2) is 6.72. The van der Waals surface area contributed by atoms with Gasteiger partial charge in [0.15, 0.2) is 6.29 Å². The minimum absolute atomic E-state index is 0.114. The zero-order valence-electron chi connectivity index (χ0n) is 15.5. The van der Waals surface area contributed by atoms with Gasteiger partial charge in [-0.15, -0.1) is 0 Å². The lowest BCUT2D eigenvalue weighted by atomic mass is 9.76. The van der Waals surface area contributed by atoms with Crippen LogP contribution < -0.4 is 4.72 Å². The molecule has 1 spiro atoms. The first-order valence-corrected chi connectivity index (χ1v) is 11.1. The monoisotopic (exact) mass is 397 g/mol. The van der Waals surface area contributed by atoms with Gasteiger partial charge >= 0.3 is 0 Å². The topological polar surface area (TPSA) is 64.6 Å². The zero-order chi connectivity index (χ0) is 19.2. The Hall–Kier alpha value is -2.15. The van der Waals surface area contributed by atoms with E-state index in [4.69, 9.17) is 9.47 Å². The van der Waals surface area contributed by atoms with E-state index in [-0.39, 0.29) is 10.3 Å². The predicted octanol–water partition coefficient (Wildman–Crippen LogP) is 4.12. The quantitative estimate of drug-likeness (QED) is 0.789. The number of anilines is 1. The summed E-state index contributed by atoms with van der Waals surface area (Å²) in [6.45, 7) is 1.37. The van der Waals surface area contributed by atoms with Crippen molar-refractivity contribution in [3.63, 3.8) is 0 Å². The van der Waals surface area contributed by atoms with Crippen LogP contribution in [0.2, 0.25) is 0 Å². The van der Waals surface area contributed by atoms with E-state index in [1.165, 1.54) is 6.42 Å². The van der Waals surface area contributed by atoms with Crippen LogP contribution in [0.5, 0.6) is 0 Å². The van der Waals surface area contributed by atoms with Gasteiger partial charge in [-0.1, -0.05) is 42.5 Å². The molecule has 0 radical (unpaired) electrons. The second-order valence-corrected chi connectivity index (χ2v) is 9.73. The molecule has 2 aromatic rings. The highest BCUT2D eigenvalue weighted by molar-refractivity contribution is 7.92. The Morgan fingerprint density at radius 1 is 0.964 bits per heavy atom. The number of ether oxygens (including phenoxy) is 2. The van der Waals surface area contributed by atoms with Crippen molar-refractivity contribution in [3.05, 3.63) is 72.3 Å². The number of fused-ring (bicyclic) bond motifs is 3. The summed E-state index contributed by atoms with van der Waals surface area (Å²) < 4.78 is 39.9. The Labute approximate surface area is 165 Å². The molecule has 0 amide bonds. The molecule has 1 saturated heterocycles. The number of hydrogen-bond donors (Lipinski definition) is 1. The number of benzene rings is 2. The molecule has 1 N–H and O–H groups in total. The fourth-order valence-corrected chi connectivity index (χ4v) is 5.78. The molecule has 5 nitrogen and oxygen atoms in total. The Bertz CT molecular complexity index is 994. The summed E-state index contributed by atoms with van der Waals surface area (Å²) in [6, 6.07) is 15.6. The van der Waals surface area contributed by atoms with Crippen LogP contribution in [0.1, 0.15) is 24.7 Å². The molecule has 1 heterocycles. The molecular formula is C22H23NO4S. The molecule has 1 aliphatic heterocycles. The molecule has 2 bridgehead atoms. The van der Waals surface area contributed by atoms with E-state index in [0.29, 0.717) is 30.7 Å². The Morgan fingerprint density at radius 3 is 2.43 bits per heavy atom. The lowest BCUT2D eigenvalue weighted by Gasteiger charge is -2.41. The highest BCUT2D eigenvalue weighted by Gasteiger charge is 2.51. The molecule has 2 fully saturated rings. The van der Waals surface area contributed by atoms with Gasteiger partial charge in [0.05, 0.1) is 18.1 Å². The third kappa shape index (κ3) is 3.15. The van der Waals surface area contributed by atoms with Gasteiger partial charge in [-0.2, -0.15) is 0 Å². The third-order valence-corrected chi connectivity index (χ3v) is 7.53. The molecule has 2 atom stereocenters. The second-order valence-electron chi connectivity index (χ2n) is 8.05. The van der Waals surface area contributed by atoms with E-state index >= 15 is 0 Å². The third-order valence-electron chi connectivity index (χ3n) is 6.14. The van der Waals surface area contributed by atoms with Crippen molar-refractivity contribution in [1.29, 1.82) is 0 Å². The molecule has 146 valence electrons. The fourth-order valence-electron chi connectivity index (χ4n) is 4.71. The number of nitrogens with one attached hydrogen (secondary N) is 1. The summed E-state index contributed by atoms with van der Waals surface area (Å²) in [7, 11) is -3.62. The van der Waals surface area contributed by atoms with Crippen LogP contribution in [0, 0.1) is 17.3 Å². The van der Waals surface area contributed by atoms with E-state index in [1.807, 2.05) is 12.1 Å². The minimum atomic E-state index is -3.62. The molecule has 2 aliphatic carbocycles. The number of hydrogen-bond acceptors (Lipinski definition) is 4. The van der Waals surface area contributed by atoms with Gasteiger partial charge in [0.2, 0.25) is 0 Å². The van der Waals surface area contributed by atoms with Crippen molar-refractivity contribution in [2.24, 2.45) is 17.3 Å². The summed E-state index contributed by atoms with van der Waals surface area (Å²) in [6.07, 6.45) is 6.53. The maximum Gasteiger partial charge on any atom is 0.261 e. The molecule has 28 heavy (non-hydrogen) atoms. The predicted molar refractivity (Wildman–Crippen MR) is 106 cm³/mol. The summed E-state index contributed by atoms with van der Waals surface area (Å²) in [4.78, 5) is 0.233. The molecule has 0 unspecified atom stereocenters. The van der Waals surface area contributed by atoms with Crippen LogP contribution in [-0.4, -0.2) is 21.6 Å². The molecule has 5 rings (SSSR count). The maximum atomic E-state index is 12.6. The molecular weight excluding hydrogens is 374 g/mol. The van der Waals surface area contributed by atoms with Crippen molar-refractivity contribution < 1.29 is 17.9 Å². The highest BCUT2D eigenvalue weighted by Crippen LogP contribution is 2.54. The van der Waals surface area contributed by atoms with Crippen molar-refractivity contribution in [2.45, 2.75) is 24.0 Å². The van der Waals surface area contributed by atoms with Gasteiger partial charge in [0.25, 0.3) is 10.0 Å². The standard InChI is InChI=1S/C22H23NO4S/c24-28(25,20-7-2-1-3-8-20)23-19-6-4-5-17(12-19)21-26-14-22(15-27-21)13-16-9-10-18(22)11-16/h1-10,12,16,18,21,23H,11,13-15H2/t16-,18+,21?,22?/m1/s1. The molecule has 2 aromatic carbocycles. The zero-order valence-corrected chi connectivity index (χ0v) is 16.3. The maximum absolute atomic E-state index is 12.6. The van der Waals surface area contributed by atoms with Crippen LogP contribution in [-0.2, 0) is 19.5 Å². The van der Waals surface area contributed by atoms with Crippen LogP contribution in [0.15, 0.2) is 71.6 Å². The van der Waals surface area contributed by atoms with Gasteiger partial charge < -0.3 is 9.47 Å². The van der Waals surface area contributed by atoms with E-state index in [0.717, 1.165) is 12.0 Å². The summed E-state index contributed by atoms with van der Waals surface area (Å²) in [5.74, 6) is 1.23. The van der Waals surface area contributed by atoms with Crippen molar-refractivity contribution in [2.75, 3.05) is 17.9 Å². The van der Waals surface area contributed by atoms with Crippen molar-refractivity contribution in [1.82, 2.24) is 0 Å².